The van der Waals surface area contributed by atoms with E-state index in [1.54, 1.807) is 0 Å². The zero-order valence-corrected chi connectivity index (χ0v) is 9.51. The molecule has 80 valence electrons. The molecule has 0 radical (unpaired) electrons. The van der Waals surface area contributed by atoms with Crippen LogP contribution < -0.4 is 0 Å². The molecule has 0 heterocycles. The first-order valence-corrected chi connectivity index (χ1v) is 5.89. The molecule has 1 aliphatic carbocycles. The average Bonchev–Trinajstić information content (AvgIpc) is 2.17. The van der Waals surface area contributed by atoms with Crippen molar-refractivity contribution in [1.29, 1.82) is 0 Å². The highest BCUT2D eigenvalue weighted by molar-refractivity contribution is 5.78. The predicted molar refractivity (Wildman–Crippen MR) is 60.2 cm³/mol. The van der Waals surface area contributed by atoms with E-state index in [9.17, 15) is 4.79 Å². The van der Waals surface area contributed by atoms with Gasteiger partial charge in [0.15, 0.2) is 0 Å². The Morgan fingerprint density at radius 3 is 2.86 bits per heavy atom. The van der Waals surface area contributed by atoms with E-state index in [4.69, 9.17) is 0 Å². The minimum Gasteiger partial charge on any atom is -0.300 e. The number of carbonyl (C=O) groups excluding carboxylic acids is 1. The molecule has 0 aromatic rings. The number of rotatable bonds is 5. The first-order chi connectivity index (χ1) is 6.72. The number of hydrogen-bond donors (Lipinski definition) is 0. The van der Waals surface area contributed by atoms with E-state index in [1.165, 1.54) is 24.8 Å². The fourth-order valence-electron chi connectivity index (χ4n) is 2.05. The summed E-state index contributed by atoms with van der Waals surface area (Å²) in [5.74, 6) is 1.23. The highest BCUT2D eigenvalue weighted by Gasteiger charge is 2.13. The van der Waals surface area contributed by atoms with Crippen molar-refractivity contribution in [3.63, 3.8) is 0 Å². The van der Waals surface area contributed by atoms with E-state index >= 15 is 0 Å². The Morgan fingerprint density at radius 2 is 2.29 bits per heavy atom. The third-order valence-corrected chi connectivity index (χ3v) is 3.11. The van der Waals surface area contributed by atoms with Crippen LogP contribution >= 0.6 is 0 Å². The fraction of sp³-hybridized carbons (Fsp3) is 0.769. The Labute approximate surface area is 87.6 Å². The van der Waals surface area contributed by atoms with Crippen LogP contribution in [-0.4, -0.2) is 5.78 Å². The standard InChI is InChI=1S/C13H22O/c1-3-4-13(14)10-9-12-7-5-11(2)6-8-12/h5,12H,3-4,6-10H2,1-2H3. The minimum atomic E-state index is 0.457. The van der Waals surface area contributed by atoms with Crippen LogP contribution in [0.3, 0.4) is 0 Å². The lowest BCUT2D eigenvalue weighted by atomic mass is 9.86. The molecule has 0 aliphatic heterocycles. The number of ketones is 1. The van der Waals surface area contributed by atoms with E-state index in [2.05, 4.69) is 19.9 Å². The van der Waals surface area contributed by atoms with E-state index in [0.29, 0.717) is 5.78 Å². The van der Waals surface area contributed by atoms with E-state index < -0.39 is 0 Å². The van der Waals surface area contributed by atoms with Gasteiger partial charge in [0.25, 0.3) is 0 Å². The Balaban J connectivity index is 2.16. The summed E-state index contributed by atoms with van der Waals surface area (Å²) in [5.41, 5.74) is 1.53. The SMILES string of the molecule is CCCC(=O)CCC1CC=C(C)CC1. The van der Waals surface area contributed by atoms with Gasteiger partial charge >= 0.3 is 0 Å². The largest absolute Gasteiger partial charge is 0.300 e. The topological polar surface area (TPSA) is 17.1 Å². The average molecular weight is 194 g/mol. The van der Waals surface area contributed by atoms with E-state index in [0.717, 1.165) is 31.6 Å². The normalized spacial score (nSPS) is 21.9. The van der Waals surface area contributed by atoms with Gasteiger partial charge in [-0.05, 0) is 44.9 Å². The van der Waals surface area contributed by atoms with Crippen molar-refractivity contribution in [1.82, 2.24) is 0 Å². The van der Waals surface area contributed by atoms with Crippen molar-refractivity contribution in [3.05, 3.63) is 11.6 Å². The monoisotopic (exact) mass is 194 g/mol. The van der Waals surface area contributed by atoms with Gasteiger partial charge in [0.1, 0.15) is 5.78 Å². The van der Waals surface area contributed by atoms with Crippen molar-refractivity contribution in [3.8, 4) is 0 Å². The molecule has 1 heteroatoms. The van der Waals surface area contributed by atoms with Crippen LogP contribution in [0.5, 0.6) is 0 Å². The second kappa shape index (κ2) is 6.00. The Bertz CT molecular complexity index is 215. The Kier molecular flexibility index (Phi) is 4.92. The molecule has 1 atom stereocenters. The maximum absolute atomic E-state index is 11.3. The number of Topliss-reactive ketones (excluding diaryl/α,β-unsaturated/α-hetero) is 1. The molecule has 0 aromatic carbocycles. The lowest BCUT2D eigenvalue weighted by Gasteiger charge is -2.19. The molecule has 14 heavy (non-hydrogen) atoms. The Hall–Kier alpha value is -0.590. The first-order valence-electron chi connectivity index (χ1n) is 5.89. The van der Waals surface area contributed by atoms with Gasteiger partial charge in [-0.3, -0.25) is 4.79 Å². The lowest BCUT2D eigenvalue weighted by molar-refractivity contribution is -0.119. The zero-order valence-electron chi connectivity index (χ0n) is 9.51. The number of carbonyl (C=O) groups is 1. The van der Waals surface area contributed by atoms with Gasteiger partial charge in [0, 0.05) is 12.8 Å². The van der Waals surface area contributed by atoms with Crippen LogP contribution in [0.25, 0.3) is 0 Å². The molecule has 0 bridgehead atoms. The van der Waals surface area contributed by atoms with Gasteiger partial charge in [0.05, 0.1) is 0 Å². The van der Waals surface area contributed by atoms with Crippen LogP contribution in [0.15, 0.2) is 11.6 Å². The summed E-state index contributed by atoms with van der Waals surface area (Å²) in [7, 11) is 0. The molecule has 0 N–H and O–H groups in total. The molecule has 0 fully saturated rings. The van der Waals surface area contributed by atoms with Gasteiger partial charge in [0.2, 0.25) is 0 Å². The molecule has 0 saturated carbocycles. The summed E-state index contributed by atoms with van der Waals surface area (Å²) >= 11 is 0. The highest BCUT2D eigenvalue weighted by Crippen LogP contribution is 2.26. The summed E-state index contributed by atoms with van der Waals surface area (Å²) in [5, 5.41) is 0. The van der Waals surface area contributed by atoms with Crippen LogP contribution in [0.1, 0.15) is 58.8 Å². The number of hydrogen-bond acceptors (Lipinski definition) is 1. The summed E-state index contributed by atoms with van der Waals surface area (Å²) < 4.78 is 0. The smallest absolute Gasteiger partial charge is 0.132 e. The molecule has 0 spiro atoms. The molecule has 0 amide bonds. The van der Waals surface area contributed by atoms with Gasteiger partial charge in [-0.2, -0.15) is 0 Å². The van der Waals surface area contributed by atoms with Gasteiger partial charge in [-0.15, -0.1) is 0 Å². The first kappa shape index (κ1) is 11.5. The van der Waals surface area contributed by atoms with Gasteiger partial charge in [-0.1, -0.05) is 18.6 Å². The molecule has 1 unspecified atom stereocenters. The molecule has 1 aliphatic rings. The van der Waals surface area contributed by atoms with Crippen molar-refractivity contribution in [2.45, 2.75) is 58.8 Å². The van der Waals surface area contributed by atoms with Crippen LogP contribution in [0, 0.1) is 5.92 Å². The maximum atomic E-state index is 11.3. The third kappa shape index (κ3) is 4.08. The van der Waals surface area contributed by atoms with Crippen molar-refractivity contribution in [2.24, 2.45) is 5.92 Å². The Morgan fingerprint density at radius 1 is 1.50 bits per heavy atom. The number of allylic oxidation sites excluding steroid dienone is 2. The quantitative estimate of drug-likeness (QED) is 0.607. The third-order valence-electron chi connectivity index (χ3n) is 3.11. The van der Waals surface area contributed by atoms with E-state index in [-0.39, 0.29) is 0 Å². The molecular formula is C13H22O. The van der Waals surface area contributed by atoms with E-state index in [1.807, 2.05) is 0 Å². The summed E-state index contributed by atoms with van der Waals surface area (Å²) in [6, 6.07) is 0. The highest BCUT2D eigenvalue weighted by atomic mass is 16.1. The van der Waals surface area contributed by atoms with Crippen molar-refractivity contribution < 1.29 is 4.79 Å². The van der Waals surface area contributed by atoms with Crippen LogP contribution in [0.2, 0.25) is 0 Å². The second-order valence-corrected chi connectivity index (χ2v) is 4.52. The van der Waals surface area contributed by atoms with Crippen LogP contribution in [0.4, 0.5) is 0 Å². The lowest BCUT2D eigenvalue weighted by Crippen LogP contribution is -2.07. The van der Waals surface area contributed by atoms with Gasteiger partial charge < -0.3 is 0 Å². The molecule has 0 aromatic heterocycles. The predicted octanol–water partition coefficient (Wildman–Crippen LogP) is 3.88. The van der Waals surface area contributed by atoms with Crippen molar-refractivity contribution in [2.75, 3.05) is 0 Å². The summed E-state index contributed by atoms with van der Waals surface area (Å²) in [6.45, 7) is 4.28. The minimum absolute atomic E-state index is 0.457. The van der Waals surface area contributed by atoms with Crippen molar-refractivity contribution >= 4 is 5.78 Å². The fourth-order valence-corrected chi connectivity index (χ4v) is 2.05. The molecule has 1 rings (SSSR count). The molecule has 1 nitrogen and oxygen atoms in total. The summed E-state index contributed by atoms with van der Waals surface area (Å²) in [4.78, 5) is 11.3. The van der Waals surface area contributed by atoms with Crippen LogP contribution in [-0.2, 0) is 4.79 Å². The second-order valence-electron chi connectivity index (χ2n) is 4.52. The molecule has 0 saturated heterocycles. The van der Waals surface area contributed by atoms with Gasteiger partial charge in [-0.25, -0.2) is 0 Å². The zero-order chi connectivity index (χ0) is 10.4. The molecular weight excluding hydrogens is 172 g/mol. The summed E-state index contributed by atoms with van der Waals surface area (Å²) in [6.07, 6.45) is 9.79. The maximum Gasteiger partial charge on any atom is 0.132 e.